The van der Waals surface area contributed by atoms with E-state index in [1.807, 2.05) is 37.4 Å². The normalized spacial score (nSPS) is 11.6. The highest BCUT2D eigenvalue weighted by Crippen LogP contribution is 2.26. The Hall–Kier alpha value is -0.780. The van der Waals surface area contributed by atoms with Gasteiger partial charge in [0.15, 0.2) is 0 Å². The van der Waals surface area contributed by atoms with Crippen molar-refractivity contribution in [3.63, 3.8) is 0 Å². The zero-order valence-electron chi connectivity index (χ0n) is 8.02. The molecular formula is C10H12IN3. The first-order valence-electron chi connectivity index (χ1n) is 4.43. The lowest BCUT2D eigenvalue weighted by molar-refractivity contribution is 1.01. The molecule has 0 radical (unpaired) electrons. The molecule has 0 aliphatic rings. The smallest absolute Gasteiger partial charge is 0.111 e. The first-order valence-corrected chi connectivity index (χ1v) is 5.96. The Morgan fingerprint density at radius 1 is 1.29 bits per heavy atom. The number of benzene rings is 1. The maximum atomic E-state index is 4.29. The lowest BCUT2D eigenvalue weighted by Crippen LogP contribution is -1.73. The molecule has 0 amide bonds. The molecule has 3 nitrogen and oxygen atoms in total. The average molecular weight is 301 g/mol. The van der Waals surface area contributed by atoms with Gasteiger partial charge in [-0.2, -0.15) is 10.2 Å². The van der Waals surface area contributed by atoms with Gasteiger partial charge in [0.2, 0.25) is 0 Å². The topological polar surface area (TPSA) is 37.1 Å². The molecule has 0 fully saturated rings. The van der Waals surface area contributed by atoms with Crippen LogP contribution in [0.5, 0.6) is 0 Å². The summed E-state index contributed by atoms with van der Waals surface area (Å²) < 4.78 is 0.900. The van der Waals surface area contributed by atoms with Crippen LogP contribution >= 0.6 is 22.6 Å². The van der Waals surface area contributed by atoms with Crippen molar-refractivity contribution in [2.24, 2.45) is 15.2 Å². The monoisotopic (exact) mass is 301 g/mol. The van der Waals surface area contributed by atoms with E-state index >= 15 is 0 Å². The minimum Gasteiger partial charge on any atom is -0.258 e. The van der Waals surface area contributed by atoms with Crippen molar-refractivity contribution in [2.75, 3.05) is 11.0 Å². The molecule has 0 spiro atoms. The Balaban J connectivity index is 2.91. The summed E-state index contributed by atoms with van der Waals surface area (Å²) >= 11 is 2.25. The number of alkyl halides is 1. The van der Waals surface area contributed by atoms with Crippen LogP contribution in [0.4, 0.5) is 11.4 Å². The largest absolute Gasteiger partial charge is 0.258 e. The molecule has 0 heterocycles. The van der Waals surface area contributed by atoms with E-state index in [0.29, 0.717) is 6.54 Å². The number of nitrogens with zero attached hydrogens (tertiary/aromatic N) is 3. The third-order valence-electron chi connectivity index (χ3n) is 1.50. The van der Waals surface area contributed by atoms with Crippen LogP contribution in [0.25, 0.3) is 0 Å². The molecule has 74 valence electrons. The van der Waals surface area contributed by atoms with Crippen LogP contribution in [-0.4, -0.2) is 17.2 Å². The van der Waals surface area contributed by atoms with Crippen molar-refractivity contribution < 1.29 is 0 Å². The predicted octanol–water partition coefficient (Wildman–Crippen LogP) is 3.93. The average Bonchev–Trinajstić information content (AvgIpc) is 2.24. The van der Waals surface area contributed by atoms with Crippen molar-refractivity contribution in [3.8, 4) is 0 Å². The summed E-state index contributed by atoms with van der Waals surface area (Å²) in [6.45, 7) is 2.66. The van der Waals surface area contributed by atoms with Crippen LogP contribution in [0, 0.1) is 0 Å². The Morgan fingerprint density at radius 3 is 2.64 bits per heavy atom. The van der Waals surface area contributed by atoms with Gasteiger partial charge in [0.05, 0.1) is 12.2 Å². The van der Waals surface area contributed by atoms with Gasteiger partial charge >= 0.3 is 0 Å². The number of halogens is 1. The Morgan fingerprint density at radius 2 is 2.00 bits per heavy atom. The van der Waals surface area contributed by atoms with Gasteiger partial charge in [-0.15, -0.1) is 0 Å². The van der Waals surface area contributed by atoms with Crippen LogP contribution in [0.3, 0.4) is 0 Å². The van der Waals surface area contributed by atoms with Crippen LogP contribution in [0.2, 0.25) is 0 Å². The van der Waals surface area contributed by atoms with Gasteiger partial charge in [-0.25, -0.2) is 0 Å². The molecule has 1 aromatic carbocycles. The predicted molar refractivity (Wildman–Crippen MR) is 68.5 cm³/mol. The van der Waals surface area contributed by atoms with Crippen LogP contribution in [0.15, 0.2) is 39.5 Å². The molecular weight excluding hydrogens is 289 g/mol. The van der Waals surface area contributed by atoms with Gasteiger partial charge < -0.3 is 0 Å². The summed E-state index contributed by atoms with van der Waals surface area (Å²) in [5.74, 6) is 0. The number of aliphatic imine (C=N–C) groups is 1. The number of hydrogen-bond donors (Lipinski definition) is 0. The molecule has 1 aromatic rings. The van der Waals surface area contributed by atoms with E-state index in [1.54, 1.807) is 0 Å². The molecule has 1 rings (SSSR count). The summed E-state index contributed by atoms with van der Waals surface area (Å²) in [6, 6.07) is 7.74. The van der Waals surface area contributed by atoms with Crippen LogP contribution < -0.4 is 0 Å². The van der Waals surface area contributed by atoms with Crippen LogP contribution in [0.1, 0.15) is 6.92 Å². The zero-order chi connectivity index (χ0) is 10.2. The summed E-state index contributed by atoms with van der Waals surface area (Å²) in [4.78, 5) is 4.29. The van der Waals surface area contributed by atoms with E-state index in [4.69, 9.17) is 0 Å². The Kier molecular flexibility index (Phi) is 5.36. The van der Waals surface area contributed by atoms with E-state index in [0.717, 1.165) is 15.8 Å². The molecule has 0 saturated heterocycles. The van der Waals surface area contributed by atoms with Gasteiger partial charge in [-0.3, -0.25) is 4.99 Å². The lowest BCUT2D eigenvalue weighted by atomic mass is 10.3. The highest BCUT2D eigenvalue weighted by Gasteiger charge is 1.96. The second kappa shape index (κ2) is 6.64. The Bertz CT molecular complexity index is 301. The molecule has 0 aliphatic heterocycles. The van der Waals surface area contributed by atoms with Gasteiger partial charge in [-0.05, 0) is 19.1 Å². The zero-order valence-corrected chi connectivity index (χ0v) is 10.2. The van der Waals surface area contributed by atoms with Crippen molar-refractivity contribution in [1.82, 2.24) is 0 Å². The van der Waals surface area contributed by atoms with Crippen molar-refractivity contribution in [3.05, 3.63) is 24.3 Å². The SMILES string of the molecule is CCN=Nc1ccccc1N=CCI. The fraction of sp³-hybridized carbons (Fsp3) is 0.300. The van der Waals surface area contributed by atoms with Crippen molar-refractivity contribution in [1.29, 1.82) is 0 Å². The fourth-order valence-corrected chi connectivity index (χ4v) is 1.13. The molecule has 14 heavy (non-hydrogen) atoms. The lowest BCUT2D eigenvalue weighted by Gasteiger charge is -1.96. The third kappa shape index (κ3) is 3.53. The molecule has 0 aliphatic carbocycles. The van der Waals surface area contributed by atoms with Gasteiger partial charge in [0, 0.05) is 10.6 Å². The first-order chi connectivity index (χ1) is 6.88. The number of para-hydroxylation sites is 1. The second-order valence-corrected chi connectivity index (χ2v) is 3.39. The molecule has 0 saturated carbocycles. The van der Waals surface area contributed by atoms with Gasteiger partial charge in [0.1, 0.15) is 5.69 Å². The van der Waals surface area contributed by atoms with E-state index in [2.05, 4.69) is 37.8 Å². The quantitative estimate of drug-likeness (QED) is 0.350. The summed E-state index contributed by atoms with van der Waals surface area (Å²) in [5, 5.41) is 8.05. The molecule has 0 aromatic heterocycles. The fourth-order valence-electron chi connectivity index (χ4n) is 0.938. The first kappa shape index (κ1) is 11.3. The highest BCUT2D eigenvalue weighted by atomic mass is 127. The molecule has 0 atom stereocenters. The molecule has 0 unspecified atom stereocenters. The van der Waals surface area contributed by atoms with E-state index in [9.17, 15) is 0 Å². The van der Waals surface area contributed by atoms with Crippen molar-refractivity contribution in [2.45, 2.75) is 6.92 Å². The third-order valence-corrected chi connectivity index (χ3v) is 1.89. The minimum atomic E-state index is 0.699. The number of hydrogen-bond acceptors (Lipinski definition) is 3. The van der Waals surface area contributed by atoms with E-state index in [1.165, 1.54) is 0 Å². The van der Waals surface area contributed by atoms with Gasteiger partial charge in [0.25, 0.3) is 0 Å². The molecule has 4 heteroatoms. The standard InChI is InChI=1S/C10H12IN3/c1-2-13-14-10-6-4-3-5-9(10)12-8-7-11/h3-6,8H,2,7H2,1H3. The van der Waals surface area contributed by atoms with E-state index < -0.39 is 0 Å². The molecule has 0 bridgehead atoms. The summed E-state index contributed by atoms with van der Waals surface area (Å²) in [6.07, 6.45) is 1.86. The summed E-state index contributed by atoms with van der Waals surface area (Å²) in [7, 11) is 0. The van der Waals surface area contributed by atoms with Crippen molar-refractivity contribution >= 4 is 40.2 Å². The second-order valence-electron chi connectivity index (χ2n) is 2.51. The number of rotatable bonds is 4. The minimum absolute atomic E-state index is 0.699. The maximum absolute atomic E-state index is 4.29. The van der Waals surface area contributed by atoms with Gasteiger partial charge in [-0.1, -0.05) is 34.7 Å². The van der Waals surface area contributed by atoms with Crippen LogP contribution in [-0.2, 0) is 0 Å². The van der Waals surface area contributed by atoms with E-state index in [-0.39, 0.29) is 0 Å². The highest BCUT2D eigenvalue weighted by molar-refractivity contribution is 14.1. The Labute approximate surface area is 97.5 Å². The molecule has 0 N–H and O–H groups in total. The number of azo groups is 1. The summed E-state index contributed by atoms with van der Waals surface area (Å²) in [5.41, 5.74) is 1.71. The maximum Gasteiger partial charge on any atom is 0.111 e.